The van der Waals surface area contributed by atoms with Gasteiger partial charge < -0.3 is 4.74 Å². The molecule has 3 aromatic rings. The molecule has 0 fully saturated rings. The van der Waals surface area contributed by atoms with Gasteiger partial charge in [-0.15, -0.1) is 0 Å². The summed E-state index contributed by atoms with van der Waals surface area (Å²) in [5, 5.41) is 1.06. The molecule has 0 amide bonds. The van der Waals surface area contributed by atoms with E-state index >= 15 is 0 Å². The highest BCUT2D eigenvalue weighted by atomic mass is 127. The van der Waals surface area contributed by atoms with Crippen molar-refractivity contribution in [3.05, 3.63) is 69.9 Å². The number of nitrogens with zero attached hydrogens (tertiary/aromatic N) is 1. The molecule has 0 saturated carbocycles. The summed E-state index contributed by atoms with van der Waals surface area (Å²) in [5.74, 6) is 0.912. The van der Waals surface area contributed by atoms with Crippen molar-refractivity contribution in [3.63, 3.8) is 0 Å². The largest absolute Gasteiger partial charge is 0.487 e. The Balaban J connectivity index is 1.94. The molecular weight excluding hydrogens is 349 g/mol. The van der Waals surface area contributed by atoms with Crippen molar-refractivity contribution in [2.75, 3.05) is 0 Å². The van der Waals surface area contributed by atoms with E-state index in [1.807, 2.05) is 48.7 Å². The van der Waals surface area contributed by atoms with Crippen molar-refractivity contribution in [2.45, 2.75) is 6.61 Å². The van der Waals surface area contributed by atoms with Crippen molar-refractivity contribution in [1.82, 2.24) is 4.98 Å². The maximum Gasteiger partial charge on any atom is 0.144 e. The van der Waals surface area contributed by atoms with Gasteiger partial charge >= 0.3 is 0 Å². The Labute approximate surface area is 125 Å². The zero-order valence-electron chi connectivity index (χ0n) is 10.2. The van der Waals surface area contributed by atoms with Crippen molar-refractivity contribution in [2.24, 2.45) is 0 Å². The Morgan fingerprint density at radius 3 is 2.53 bits per heavy atom. The monoisotopic (exact) mass is 361 g/mol. The van der Waals surface area contributed by atoms with E-state index in [0.29, 0.717) is 6.61 Å². The van der Waals surface area contributed by atoms with Crippen LogP contribution in [0, 0.1) is 3.57 Å². The predicted molar refractivity (Wildman–Crippen MR) is 85.2 cm³/mol. The highest BCUT2D eigenvalue weighted by molar-refractivity contribution is 14.1. The average Bonchev–Trinajstić information content (AvgIpc) is 2.47. The lowest BCUT2D eigenvalue weighted by Gasteiger charge is -2.11. The van der Waals surface area contributed by atoms with Crippen LogP contribution in [-0.4, -0.2) is 4.98 Å². The molecule has 0 bridgehead atoms. The molecule has 94 valence electrons. The summed E-state index contributed by atoms with van der Waals surface area (Å²) in [7, 11) is 0. The summed E-state index contributed by atoms with van der Waals surface area (Å²) in [4.78, 5) is 4.41. The van der Waals surface area contributed by atoms with Crippen molar-refractivity contribution in [1.29, 1.82) is 0 Å². The van der Waals surface area contributed by atoms with Crippen LogP contribution in [0.4, 0.5) is 0 Å². The zero-order chi connectivity index (χ0) is 13.1. The minimum absolute atomic E-state index is 0.574. The number of aromatic nitrogens is 1. The number of para-hydroxylation sites is 1. The minimum Gasteiger partial charge on any atom is -0.487 e. The fourth-order valence-electron chi connectivity index (χ4n) is 1.97. The number of rotatable bonds is 3. The van der Waals surface area contributed by atoms with Crippen LogP contribution in [0.25, 0.3) is 10.9 Å². The molecule has 1 aromatic heterocycles. The normalized spacial score (nSPS) is 10.6. The third-order valence-electron chi connectivity index (χ3n) is 2.91. The number of pyridine rings is 1. The second-order valence-corrected chi connectivity index (χ2v) is 5.39. The number of halogens is 1. The summed E-state index contributed by atoms with van der Waals surface area (Å²) in [6.07, 6.45) is 1.85. The third kappa shape index (κ3) is 2.71. The van der Waals surface area contributed by atoms with Gasteiger partial charge in [-0.3, -0.25) is 4.98 Å². The molecule has 0 aliphatic heterocycles. The Bertz CT molecular complexity index is 697. The van der Waals surface area contributed by atoms with Crippen LogP contribution in [-0.2, 0) is 6.61 Å². The quantitative estimate of drug-likeness (QED) is 0.645. The molecule has 0 aliphatic rings. The Hall–Kier alpha value is -1.62. The second-order valence-electron chi connectivity index (χ2n) is 4.23. The summed E-state index contributed by atoms with van der Waals surface area (Å²) < 4.78 is 7.02. The fourth-order valence-corrected chi connectivity index (χ4v) is 2.55. The standard InChI is InChI=1S/C16H12INO/c17-14-10-18-15-9-5-4-8-13(15)16(14)19-11-12-6-2-1-3-7-12/h1-10H,11H2. The van der Waals surface area contributed by atoms with Gasteiger partial charge in [-0.1, -0.05) is 42.5 Å². The second kappa shape index (κ2) is 5.57. The summed E-state index contributed by atoms with van der Waals surface area (Å²) in [6.45, 7) is 0.574. The summed E-state index contributed by atoms with van der Waals surface area (Å²) in [5.41, 5.74) is 2.13. The smallest absolute Gasteiger partial charge is 0.144 e. The lowest BCUT2D eigenvalue weighted by Crippen LogP contribution is -1.98. The first kappa shape index (κ1) is 12.4. The van der Waals surface area contributed by atoms with E-state index in [0.717, 1.165) is 20.2 Å². The van der Waals surface area contributed by atoms with Gasteiger partial charge in [0.1, 0.15) is 12.4 Å². The van der Waals surface area contributed by atoms with Crippen LogP contribution in [0.2, 0.25) is 0 Å². The molecule has 0 N–H and O–H groups in total. The van der Waals surface area contributed by atoms with Gasteiger partial charge in [0, 0.05) is 11.6 Å². The molecule has 0 unspecified atom stereocenters. The summed E-state index contributed by atoms with van der Waals surface area (Å²) >= 11 is 2.26. The van der Waals surface area contributed by atoms with Gasteiger partial charge in [0.25, 0.3) is 0 Å². The van der Waals surface area contributed by atoms with Crippen LogP contribution in [0.3, 0.4) is 0 Å². The molecule has 0 radical (unpaired) electrons. The number of fused-ring (bicyclic) bond motifs is 1. The molecule has 3 heteroatoms. The van der Waals surface area contributed by atoms with Crippen molar-refractivity contribution in [3.8, 4) is 5.75 Å². The molecule has 2 nitrogen and oxygen atoms in total. The number of benzene rings is 2. The molecule has 1 heterocycles. The first-order valence-electron chi connectivity index (χ1n) is 6.04. The molecular formula is C16H12INO. The fraction of sp³-hybridized carbons (Fsp3) is 0.0625. The van der Waals surface area contributed by atoms with E-state index in [2.05, 4.69) is 39.7 Å². The van der Waals surface area contributed by atoms with E-state index in [1.165, 1.54) is 5.56 Å². The highest BCUT2D eigenvalue weighted by Crippen LogP contribution is 2.29. The molecule has 0 spiro atoms. The van der Waals surface area contributed by atoms with Gasteiger partial charge in [0.15, 0.2) is 0 Å². The van der Waals surface area contributed by atoms with E-state index < -0.39 is 0 Å². The van der Waals surface area contributed by atoms with Gasteiger partial charge in [-0.25, -0.2) is 0 Å². The van der Waals surface area contributed by atoms with E-state index in [-0.39, 0.29) is 0 Å². The van der Waals surface area contributed by atoms with Gasteiger partial charge in [0.05, 0.1) is 9.09 Å². The van der Waals surface area contributed by atoms with Crippen LogP contribution in [0.15, 0.2) is 60.8 Å². The number of hydrogen-bond donors (Lipinski definition) is 0. The Morgan fingerprint density at radius 1 is 0.947 bits per heavy atom. The highest BCUT2D eigenvalue weighted by Gasteiger charge is 2.08. The maximum atomic E-state index is 5.99. The van der Waals surface area contributed by atoms with Gasteiger partial charge in [-0.05, 0) is 40.3 Å². The Morgan fingerprint density at radius 2 is 1.68 bits per heavy atom. The molecule has 0 atom stereocenters. The van der Waals surface area contributed by atoms with E-state index in [1.54, 1.807) is 0 Å². The molecule has 0 aliphatic carbocycles. The topological polar surface area (TPSA) is 22.1 Å². The van der Waals surface area contributed by atoms with Crippen LogP contribution in [0.1, 0.15) is 5.56 Å². The molecule has 2 aromatic carbocycles. The minimum atomic E-state index is 0.574. The van der Waals surface area contributed by atoms with E-state index in [9.17, 15) is 0 Å². The lowest BCUT2D eigenvalue weighted by atomic mass is 10.2. The lowest BCUT2D eigenvalue weighted by molar-refractivity contribution is 0.307. The average molecular weight is 361 g/mol. The molecule has 3 rings (SSSR count). The van der Waals surface area contributed by atoms with Crippen molar-refractivity contribution >= 4 is 33.5 Å². The zero-order valence-corrected chi connectivity index (χ0v) is 12.4. The number of ether oxygens (including phenoxy) is 1. The van der Waals surface area contributed by atoms with Crippen LogP contribution < -0.4 is 4.74 Å². The number of hydrogen-bond acceptors (Lipinski definition) is 2. The first-order valence-corrected chi connectivity index (χ1v) is 7.12. The van der Waals surface area contributed by atoms with E-state index in [4.69, 9.17) is 4.74 Å². The van der Waals surface area contributed by atoms with Gasteiger partial charge in [0.2, 0.25) is 0 Å². The maximum absolute atomic E-state index is 5.99. The SMILES string of the molecule is Ic1cnc2ccccc2c1OCc1ccccc1. The molecule has 0 saturated heterocycles. The predicted octanol–water partition coefficient (Wildman–Crippen LogP) is 4.42. The summed E-state index contributed by atoms with van der Waals surface area (Å²) in [6, 6.07) is 18.2. The van der Waals surface area contributed by atoms with Gasteiger partial charge in [-0.2, -0.15) is 0 Å². The molecule has 19 heavy (non-hydrogen) atoms. The third-order valence-corrected chi connectivity index (χ3v) is 3.68. The first-order chi connectivity index (χ1) is 9.34. The van der Waals surface area contributed by atoms with Crippen molar-refractivity contribution < 1.29 is 4.74 Å². The van der Waals surface area contributed by atoms with Crippen LogP contribution >= 0.6 is 22.6 Å². The van der Waals surface area contributed by atoms with Crippen LogP contribution in [0.5, 0.6) is 5.75 Å². The Kier molecular flexibility index (Phi) is 3.64.